The van der Waals surface area contributed by atoms with Crippen molar-refractivity contribution in [1.29, 1.82) is 0 Å². The van der Waals surface area contributed by atoms with E-state index in [0.717, 1.165) is 12.0 Å². The molecule has 0 aliphatic carbocycles. The average molecular weight is 365 g/mol. The van der Waals surface area contributed by atoms with Gasteiger partial charge in [-0.25, -0.2) is 0 Å². The fourth-order valence-electron chi connectivity index (χ4n) is 3.12. The summed E-state index contributed by atoms with van der Waals surface area (Å²) in [5.74, 6) is -0.158. The first-order valence-corrected chi connectivity index (χ1v) is 8.96. The smallest absolute Gasteiger partial charge is 0.253 e. The predicted octanol–water partition coefficient (Wildman–Crippen LogP) is 1.87. The highest BCUT2D eigenvalue weighted by Gasteiger charge is 2.21. The molecule has 0 bridgehead atoms. The van der Waals surface area contributed by atoms with Crippen molar-refractivity contribution in [1.82, 2.24) is 14.7 Å². The minimum absolute atomic E-state index is 0.0720. The lowest BCUT2D eigenvalue weighted by molar-refractivity contribution is -0.119. The molecule has 3 amide bonds. The molecule has 0 spiro atoms. The second kappa shape index (κ2) is 8.49. The van der Waals surface area contributed by atoms with Crippen LogP contribution in [0.5, 0.6) is 0 Å². The van der Waals surface area contributed by atoms with Crippen LogP contribution in [-0.4, -0.2) is 66.2 Å². The van der Waals surface area contributed by atoms with Crippen LogP contribution in [0.4, 0.5) is 0 Å². The first-order valence-electron chi connectivity index (χ1n) is 8.96. The van der Waals surface area contributed by atoms with Gasteiger partial charge in [0, 0.05) is 50.9 Å². The lowest BCUT2D eigenvalue weighted by atomic mass is 10.1. The molecule has 0 unspecified atom stereocenters. The van der Waals surface area contributed by atoms with E-state index in [9.17, 15) is 14.4 Å². The molecule has 2 aromatic carbocycles. The molecule has 6 nitrogen and oxygen atoms in total. The van der Waals surface area contributed by atoms with E-state index >= 15 is 0 Å². The Morgan fingerprint density at radius 2 is 1.52 bits per heavy atom. The summed E-state index contributed by atoms with van der Waals surface area (Å²) in [4.78, 5) is 41.0. The second-order valence-electron chi connectivity index (χ2n) is 6.66. The minimum atomic E-state index is -0.0857. The molecule has 0 atom stereocenters. The van der Waals surface area contributed by atoms with Crippen LogP contribution >= 0.6 is 0 Å². The molecule has 0 radical (unpaired) electrons. The zero-order chi connectivity index (χ0) is 19.2. The highest BCUT2D eigenvalue weighted by atomic mass is 16.2. The van der Waals surface area contributed by atoms with Crippen LogP contribution in [0.1, 0.15) is 26.3 Å². The quantitative estimate of drug-likeness (QED) is 0.760. The Labute approximate surface area is 159 Å². The van der Waals surface area contributed by atoms with Crippen LogP contribution in [-0.2, 0) is 11.3 Å². The second-order valence-corrected chi connectivity index (χ2v) is 6.66. The number of hydrogen-bond acceptors (Lipinski definition) is 3. The minimum Gasteiger partial charge on any atom is -0.342 e. The Morgan fingerprint density at radius 1 is 0.926 bits per heavy atom. The van der Waals surface area contributed by atoms with Crippen LogP contribution < -0.4 is 0 Å². The topological polar surface area (TPSA) is 60.9 Å². The van der Waals surface area contributed by atoms with Gasteiger partial charge in [0.15, 0.2) is 0 Å². The van der Waals surface area contributed by atoms with Gasteiger partial charge in [-0.1, -0.05) is 30.3 Å². The van der Waals surface area contributed by atoms with Gasteiger partial charge in [-0.3, -0.25) is 14.4 Å². The SMILES string of the molecule is CN(Cc1ccccc1)C(=O)c1ccc(C(=O)N2CCN(C=O)CC2)cc1. The van der Waals surface area contributed by atoms with E-state index in [1.807, 2.05) is 30.3 Å². The molecular weight excluding hydrogens is 342 g/mol. The standard InChI is InChI=1S/C21H23N3O3/c1-22(15-17-5-3-2-4-6-17)20(26)18-7-9-19(10-8-18)21(27)24-13-11-23(16-25)12-14-24/h2-10,16H,11-15H2,1H3. The summed E-state index contributed by atoms with van der Waals surface area (Å²) < 4.78 is 0. The van der Waals surface area contributed by atoms with E-state index < -0.39 is 0 Å². The molecule has 0 saturated carbocycles. The van der Waals surface area contributed by atoms with Crippen molar-refractivity contribution < 1.29 is 14.4 Å². The molecule has 1 heterocycles. The lowest BCUT2D eigenvalue weighted by Gasteiger charge is -2.32. The molecule has 1 aliphatic rings. The Balaban J connectivity index is 1.61. The molecule has 0 aromatic heterocycles. The maximum Gasteiger partial charge on any atom is 0.253 e. The molecular formula is C21H23N3O3. The fourth-order valence-corrected chi connectivity index (χ4v) is 3.12. The van der Waals surface area contributed by atoms with Gasteiger partial charge < -0.3 is 14.7 Å². The van der Waals surface area contributed by atoms with Crippen molar-refractivity contribution >= 4 is 18.2 Å². The maximum absolute atomic E-state index is 12.6. The Kier molecular flexibility index (Phi) is 5.86. The third kappa shape index (κ3) is 4.53. The van der Waals surface area contributed by atoms with Gasteiger partial charge in [0.05, 0.1) is 0 Å². The van der Waals surface area contributed by atoms with Gasteiger partial charge in [-0.2, -0.15) is 0 Å². The van der Waals surface area contributed by atoms with Gasteiger partial charge in [-0.15, -0.1) is 0 Å². The third-order valence-corrected chi connectivity index (χ3v) is 4.74. The van der Waals surface area contributed by atoms with Crippen LogP contribution in [0.2, 0.25) is 0 Å². The van der Waals surface area contributed by atoms with Crippen molar-refractivity contribution in [2.75, 3.05) is 33.2 Å². The van der Waals surface area contributed by atoms with E-state index in [0.29, 0.717) is 43.9 Å². The van der Waals surface area contributed by atoms with Gasteiger partial charge in [0.1, 0.15) is 0 Å². The molecule has 0 N–H and O–H groups in total. The van der Waals surface area contributed by atoms with E-state index in [1.165, 1.54) is 0 Å². The molecule has 27 heavy (non-hydrogen) atoms. The summed E-state index contributed by atoms with van der Waals surface area (Å²) in [5.41, 5.74) is 2.17. The average Bonchev–Trinajstić information content (AvgIpc) is 2.73. The molecule has 6 heteroatoms. The van der Waals surface area contributed by atoms with Gasteiger partial charge in [-0.05, 0) is 29.8 Å². The number of carbonyl (C=O) groups excluding carboxylic acids is 3. The summed E-state index contributed by atoms with van der Waals surface area (Å²) in [6.45, 7) is 2.68. The van der Waals surface area contributed by atoms with Gasteiger partial charge >= 0.3 is 0 Å². The summed E-state index contributed by atoms with van der Waals surface area (Å²) in [6.07, 6.45) is 0.814. The van der Waals surface area contributed by atoms with E-state index in [-0.39, 0.29) is 11.8 Å². The third-order valence-electron chi connectivity index (χ3n) is 4.74. The number of carbonyl (C=O) groups is 3. The zero-order valence-corrected chi connectivity index (χ0v) is 15.4. The molecule has 3 rings (SSSR count). The van der Waals surface area contributed by atoms with Crippen molar-refractivity contribution in [2.45, 2.75) is 6.54 Å². The number of nitrogens with zero attached hydrogens (tertiary/aromatic N) is 3. The number of amides is 3. The number of rotatable bonds is 5. The number of piperazine rings is 1. The summed E-state index contributed by atoms with van der Waals surface area (Å²) in [6, 6.07) is 16.6. The zero-order valence-electron chi connectivity index (χ0n) is 15.4. The van der Waals surface area contributed by atoms with E-state index in [2.05, 4.69) is 0 Å². The van der Waals surface area contributed by atoms with Crippen molar-refractivity contribution in [3.8, 4) is 0 Å². The van der Waals surface area contributed by atoms with E-state index in [1.54, 1.807) is 46.0 Å². The van der Waals surface area contributed by atoms with Crippen LogP contribution in [0, 0.1) is 0 Å². The summed E-state index contributed by atoms with van der Waals surface area (Å²) in [7, 11) is 1.76. The molecule has 2 aromatic rings. The molecule has 1 fully saturated rings. The maximum atomic E-state index is 12.6. The first kappa shape index (κ1) is 18.6. The van der Waals surface area contributed by atoms with Gasteiger partial charge in [0.25, 0.3) is 11.8 Å². The number of benzene rings is 2. The Bertz CT molecular complexity index is 797. The summed E-state index contributed by atoms with van der Waals surface area (Å²) >= 11 is 0. The largest absolute Gasteiger partial charge is 0.342 e. The molecule has 140 valence electrons. The monoisotopic (exact) mass is 365 g/mol. The van der Waals surface area contributed by atoms with Crippen LogP contribution in [0.3, 0.4) is 0 Å². The van der Waals surface area contributed by atoms with Crippen molar-refractivity contribution in [3.05, 3.63) is 71.3 Å². The Morgan fingerprint density at radius 3 is 2.11 bits per heavy atom. The fraction of sp³-hybridized carbons (Fsp3) is 0.286. The first-order chi connectivity index (χ1) is 13.1. The lowest BCUT2D eigenvalue weighted by Crippen LogP contribution is -2.48. The Hall–Kier alpha value is -3.15. The van der Waals surface area contributed by atoms with Crippen LogP contribution in [0.25, 0.3) is 0 Å². The predicted molar refractivity (Wildman–Crippen MR) is 102 cm³/mol. The highest BCUT2D eigenvalue weighted by molar-refractivity contribution is 5.97. The molecule has 1 saturated heterocycles. The normalized spacial score (nSPS) is 14.0. The van der Waals surface area contributed by atoms with Crippen molar-refractivity contribution in [3.63, 3.8) is 0 Å². The summed E-state index contributed by atoms with van der Waals surface area (Å²) in [5, 5.41) is 0. The highest BCUT2D eigenvalue weighted by Crippen LogP contribution is 2.13. The van der Waals surface area contributed by atoms with Crippen LogP contribution in [0.15, 0.2) is 54.6 Å². The number of hydrogen-bond donors (Lipinski definition) is 0. The van der Waals surface area contributed by atoms with Gasteiger partial charge in [0.2, 0.25) is 6.41 Å². The van der Waals surface area contributed by atoms with Crippen molar-refractivity contribution in [2.24, 2.45) is 0 Å². The molecule has 1 aliphatic heterocycles. The van der Waals surface area contributed by atoms with E-state index in [4.69, 9.17) is 0 Å².